The monoisotopic (exact) mass is 717 g/mol. The summed E-state index contributed by atoms with van der Waals surface area (Å²) in [4.78, 5) is 10.8. The second kappa shape index (κ2) is 12.0. The van der Waals surface area contributed by atoms with Crippen molar-refractivity contribution in [1.29, 1.82) is 0 Å². The van der Waals surface area contributed by atoms with E-state index in [1.165, 1.54) is 21.5 Å². The molecule has 1 N–H and O–H groups in total. The molecule has 12 rings (SSSR count). The summed E-state index contributed by atoms with van der Waals surface area (Å²) in [5, 5.41) is 15.0. The number of rotatable bonds is 4. The average molecular weight is 718 g/mol. The highest BCUT2D eigenvalue weighted by Gasteiger charge is 2.26. The molecule has 9 aromatic carbocycles. The summed E-state index contributed by atoms with van der Waals surface area (Å²) in [6.07, 6.45) is -0.584. The van der Waals surface area contributed by atoms with E-state index in [1.54, 1.807) is 0 Å². The SMILES string of the molecule is c1ccc(C2=NC(c3cc(-c4cc5ccccc5c5c4oc4ccccc45)cc4oc5ccccc5c34)N=C(c3ccc4ccc5ccccc5c4c3)N2)cc1. The molecule has 0 radical (unpaired) electrons. The number of nitrogens with zero attached hydrogens (tertiary/aromatic N) is 2. The van der Waals surface area contributed by atoms with E-state index in [1.807, 2.05) is 42.5 Å². The Bertz CT molecular complexity index is 3460. The topological polar surface area (TPSA) is 63.0 Å². The van der Waals surface area contributed by atoms with Gasteiger partial charge in [-0.05, 0) is 74.3 Å². The maximum absolute atomic E-state index is 6.72. The van der Waals surface area contributed by atoms with Crippen molar-refractivity contribution >= 4 is 87.9 Å². The Morgan fingerprint density at radius 3 is 1.80 bits per heavy atom. The third-order valence-corrected chi connectivity index (χ3v) is 11.3. The maximum Gasteiger partial charge on any atom is 0.170 e. The Morgan fingerprint density at radius 2 is 1.00 bits per heavy atom. The van der Waals surface area contributed by atoms with Gasteiger partial charge in [0.25, 0.3) is 0 Å². The summed E-state index contributed by atoms with van der Waals surface area (Å²) < 4.78 is 13.4. The lowest BCUT2D eigenvalue weighted by Gasteiger charge is -2.23. The standard InChI is InChI=1S/C51H31N3O2/c1-2-13-32(14-3-1)49-52-50(34-25-24-31-23-22-30-12-4-6-16-36(30)40(31)27-34)54-51(53-49)42-28-35(29-45-46(42)38-18-8-10-20-43(38)55-45)41-26-33-15-5-7-17-37(33)47-39-19-9-11-21-44(39)56-48(41)47/h1-29,51H,(H,52,53,54). The van der Waals surface area contributed by atoms with Crippen LogP contribution in [-0.2, 0) is 0 Å². The fraction of sp³-hybridized carbons (Fsp3) is 0.0196. The second-order valence-electron chi connectivity index (χ2n) is 14.5. The van der Waals surface area contributed by atoms with Gasteiger partial charge in [0.15, 0.2) is 6.17 Å². The molecule has 1 atom stereocenters. The van der Waals surface area contributed by atoms with Crippen LogP contribution in [0.5, 0.6) is 0 Å². The third kappa shape index (κ3) is 4.74. The number of hydrogen-bond acceptors (Lipinski definition) is 5. The molecular weight excluding hydrogens is 687 g/mol. The lowest BCUT2D eigenvalue weighted by atomic mass is 9.93. The van der Waals surface area contributed by atoms with Crippen LogP contribution >= 0.6 is 0 Å². The summed E-state index contributed by atoms with van der Waals surface area (Å²) in [6, 6.07) is 61.5. The summed E-state index contributed by atoms with van der Waals surface area (Å²) >= 11 is 0. The van der Waals surface area contributed by atoms with Crippen LogP contribution in [0.25, 0.3) is 87.3 Å². The molecule has 262 valence electrons. The number of aliphatic imine (C=N–C) groups is 2. The van der Waals surface area contributed by atoms with Crippen molar-refractivity contribution < 1.29 is 8.83 Å². The van der Waals surface area contributed by atoms with E-state index < -0.39 is 6.17 Å². The zero-order chi connectivity index (χ0) is 36.7. The minimum absolute atomic E-state index is 0.584. The van der Waals surface area contributed by atoms with Gasteiger partial charge in [-0.25, -0.2) is 9.98 Å². The maximum atomic E-state index is 6.72. The smallest absolute Gasteiger partial charge is 0.170 e. The molecule has 5 nitrogen and oxygen atoms in total. The Hall–Kier alpha value is -7.50. The Balaban J connectivity index is 1.13. The largest absolute Gasteiger partial charge is 0.456 e. The number of furan rings is 2. The van der Waals surface area contributed by atoms with Crippen LogP contribution in [0.15, 0.2) is 195 Å². The minimum atomic E-state index is -0.584. The fourth-order valence-electron chi connectivity index (χ4n) is 8.66. The van der Waals surface area contributed by atoms with Crippen LogP contribution < -0.4 is 5.32 Å². The average Bonchev–Trinajstić information content (AvgIpc) is 3.85. The first kappa shape index (κ1) is 30.9. The van der Waals surface area contributed by atoms with Crippen LogP contribution in [0.3, 0.4) is 0 Å². The van der Waals surface area contributed by atoms with E-state index in [4.69, 9.17) is 18.8 Å². The van der Waals surface area contributed by atoms with Crippen molar-refractivity contribution in [3.8, 4) is 11.1 Å². The molecule has 1 aliphatic rings. The fourth-order valence-corrected chi connectivity index (χ4v) is 8.66. The minimum Gasteiger partial charge on any atom is -0.456 e. The van der Waals surface area contributed by atoms with Gasteiger partial charge in [-0.1, -0.05) is 140 Å². The Morgan fingerprint density at radius 1 is 0.393 bits per heavy atom. The van der Waals surface area contributed by atoms with E-state index >= 15 is 0 Å². The van der Waals surface area contributed by atoms with E-state index in [-0.39, 0.29) is 0 Å². The van der Waals surface area contributed by atoms with Crippen LogP contribution in [0.4, 0.5) is 0 Å². The zero-order valence-electron chi connectivity index (χ0n) is 30.0. The molecule has 3 heterocycles. The van der Waals surface area contributed by atoms with E-state index in [0.29, 0.717) is 0 Å². The summed E-state index contributed by atoms with van der Waals surface area (Å²) in [5.74, 6) is 1.52. The molecule has 0 saturated heterocycles. The summed E-state index contributed by atoms with van der Waals surface area (Å²) in [5.41, 5.74) is 8.20. The summed E-state index contributed by atoms with van der Waals surface area (Å²) in [6.45, 7) is 0. The number of amidine groups is 2. The van der Waals surface area contributed by atoms with Crippen LogP contribution in [-0.4, -0.2) is 11.7 Å². The Labute approximate surface area is 320 Å². The van der Waals surface area contributed by atoms with E-state index in [2.05, 4.69) is 139 Å². The number of benzene rings is 9. The normalized spacial score (nSPS) is 14.6. The van der Waals surface area contributed by atoms with Crippen molar-refractivity contribution in [2.75, 3.05) is 0 Å². The van der Waals surface area contributed by atoms with Gasteiger partial charge >= 0.3 is 0 Å². The molecule has 0 fully saturated rings. The van der Waals surface area contributed by atoms with Crippen molar-refractivity contribution in [3.63, 3.8) is 0 Å². The van der Waals surface area contributed by atoms with Crippen LogP contribution in [0.1, 0.15) is 22.9 Å². The second-order valence-corrected chi connectivity index (χ2v) is 14.5. The van der Waals surface area contributed by atoms with Crippen molar-refractivity contribution in [3.05, 3.63) is 193 Å². The van der Waals surface area contributed by atoms with Crippen LogP contribution in [0.2, 0.25) is 0 Å². The molecule has 0 saturated carbocycles. The third-order valence-electron chi connectivity index (χ3n) is 11.3. The lowest BCUT2D eigenvalue weighted by Crippen LogP contribution is -2.36. The van der Waals surface area contributed by atoms with Crippen LogP contribution in [0, 0.1) is 0 Å². The first-order valence-electron chi connectivity index (χ1n) is 18.9. The molecule has 56 heavy (non-hydrogen) atoms. The predicted octanol–water partition coefficient (Wildman–Crippen LogP) is 13.1. The number of hydrogen-bond donors (Lipinski definition) is 1. The molecular formula is C51H31N3O2. The highest BCUT2D eigenvalue weighted by molar-refractivity contribution is 6.23. The molecule has 0 bridgehead atoms. The molecule has 1 aliphatic heterocycles. The molecule has 11 aromatic rings. The van der Waals surface area contributed by atoms with Gasteiger partial charge in [0.2, 0.25) is 0 Å². The van der Waals surface area contributed by atoms with Crippen molar-refractivity contribution in [1.82, 2.24) is 5.32 Å². The predicted molar refractivity (Wildman–Crippen MR) is 231 cm³/mol. The highest BCUT2D eigenvalue weighted by Crippen LogP contribution is 2.45. The zero-order valence-corrected chi connectivity index (χ0v) is 30.0. The molecule has 2 aromatic heterocycles. The van der Waals surface area contributed by atoms with Crippen molar-refractivity contribution in [2.45, 2.75) is 6.17 Å². The quantitative estimate of drug-likeness (QED) is 0.184. The van der Waals surface area contributed by atoms with Gasteiger partial charge in [0, 0.05) is 43.8 Å². The van der Waals surface area contributed by atoms with Gasteiger partial charge < -0.3 is 14.2 Å². The molecule has 5 heteroatoms. The molecule has 0 spiro atoms. The van der Waals surface area contributed by atoms with Gasteiger partial charge in [-0.15, -0.1) is 0 Å². The summed E-state index contributed by atoms with van der Waals surface area (Å²) in [7, 11) is 0. The molecule has 0 amide bonds. The van der Waals surface area contributed by atoms with Gasteiger partial charge in [0.1, 0.15) is 34.0 Å². The first-order chi connectivity index (χ1) is 27.7. The highest BCUT2D eigenvalue weighted by atomic mass is 16.3. The van der Waals surface area contributed by atoms with Gasteiger partial charge in [-0.2, -0.15) is 0 Å². The number of nitrogens with one attached hydrogen (secondary N) is 1. The Kier molecular flexibility index (Phi) is 6.63. The molecule has 1 unspecified atom stereocenters. The lowest BCUT2D eigenvalue weighted by molar-refractivity contribution is 0.667. The van der Waals surface area contributed by atoms with E-state index in [9.17, 15) is 0 Å². The van der Waals surface area contributed by atoms with Gasteiger partial charge in [0.05, 0.1) is 0 Å². The molecule has 0 aliphatic carbocycles. The van der Waals surface area contributed by atoms with Gasteiger partial charge in [-0.3, -0.25) is 0 Å². The number of para-hydroxylation sites is 2. The number of fused-ring (bicyclic) bond motifs is 11. The van der Waals surface area contributed by atoms with Crippen molar-refractivity contribution in [2.24, 2.45) is 9.98 Å². The van der Waals surface area contributed by atoms with E-state index in [0.717, 1.165) is 94.1 Å². The first-order valence-corrected chi connectivity index (χ1v) is 18.9.